The highest BCUT2D eigenvalue weighted by atomic mass is 32.2. The number of nitrogens with two attached hydrogens (primary N) is 1. The Labute approximate surface area is 80.6 Å². The summed E-state index contributed by atoms with van der Waals surface area (Å²) in [4.78, 5) is 0. The molecule has 3 nitrogen and oxygen atoms in total. The van der Waals surface area contributed by atoms with Gasteiger partial charge in [0.25, 0.3) is 0 Å². The summed E-state index contributed by atoms with van der Waals surface area (Å²) in [7, 11) is -3.04. The zero-order chi connectivity index (χ0) is 10.3. The topological polar surface area (TPSA) is 60.2 Å². The summed E-state index contributed by atoms with van der Waals surface area (Å²) >= 11 is 0. The van der Waals surface area contributed by atoms with Crippen molar-refractivity contribution in [1.82, 2.24) is 0 Å². The molecule has 0 spiro atoms. The Bertz CT molecular complexity index is 278. The SMILES string of the molecule is CC(C)(C(N)CC1CC1)S(C)(=O)=O. The van der Waals surface area contributed by atoms with Crippen molar-refractivity contribution in [3.8, 4) is 0 Å². The van der Waals surface area contributed by atoms with E-state index in [1.54, 1.807) is 13.8 Å². The largest absolute Gasteiger partial charge is 0.326 e. The van der Waals surface area contributed by atoms with Crippen LogP contribution in [0.15, 0.2) is 0 Å². The smallest absolute Gasteiger partial charge is 0.154 e. The molecule has 2 N–H and O–H groups in total. The molecule has 1 unspecified atom stereocenters. The molecule has 13 heavy (non-hydrogen) atoms. The van der Waals surface area contributed by atoms with Gasteiger partial charge in [0.1, 0.15) is 0 Å². The van der Waals surface area contributed by atoms with Gasteiger partial charge in [-0.1, -0.05) is 12.8 Å². The number of hydrogen-bond donors (Lipinski definition) is 1. The fourth-order valence-electron chi connectivity index (χ4n) is 1.27. The Kier molecular flexibility index (Phi) is 2.74. The van der Waals surface area contributed by atoms with Crippen LogP contribution < -0.4 is 5.73 Å². The summed E-state index contributed by atoms with van der Waals surface area (Å²) < 4.78 is 22.1. The normalized spacial score (nSPS) is 21.5. The molecule has 0 radical (unpaired) electrons. The lowest BCUT2D eigenvalue weighted by Crippen LogP contribution is -2.48. The van der Waals surface area contributed by atoms with E-state index >= 15 is 0 Å². The van der Waals surface area contributed by atoms with Crippen molar-refractivity contribution in [3.05, 3.63) is 0 Å². The molecule has 1 rings (SSSR count). The zero-order valence-electron chi connectivity index (χ0n) is 8.58. The molecule has 1 atom stereocenters. The molecule has 1 aliphatic carbocycles. The molecule has 1 aliphatic rings. The average molecular weight is 205 g/mol. The van der Waals surface area contributed by atoms with Crippen LogP contribution in [0.2, 0.25) is 0 Å². The molecule has 4 heteroatoms. The van der Waals surface area contributed by atoms with Crippen LogP contribution in [-0.2, 0) is 9.84 Å². The standard InChI is InChI=1S/C9H19NO2S/c1-9(2,13(3,11)12)8(10)6-7-4-5-7/h7-8H,4-6,10H2,1-3H3. The summed E-state index contributed by atoms with van der Waals surface area (Å²) in [5.74, 6) is 0.677. The van der Waals surface area contributed by atoms with E-state index in [4.69, 9.17) is 5.73 Å². The van der Waals surface area contributed by atoms with Gasteiger partial charge >= 0.3 is 0 Å². The maximum Gasteiger partial charge on any atom is 0.154 e. The summed E-state index contributed by atoms with van der Waals surface area (Å²) in [5.41, 5.74) is 5.90. The highest BCUT2D eigenvalue weighted by molar-refractivity contribution is 7.92. The molecule has 0 amide bonds. The molecular formula is C9H19NO2S. The Morgan fingerprint density at radius 1 is 1.46 bits per heavy atom. The molecule has 0 aromatic heterocycles. The second-order valence-electron chi connectivity index (χ2n) is 4.66. The van der Waals surface area contributed by atoms with E-state index in [9.17, 15) is 8.42 Å². The van der Waals surface area contributed by atoms with Crippen molar-refractivity contribution in [2.75, 3.05) is 6.26 Å². The highest BCUT2D eigenvalue weighted by Gasteiger charge is 2.39. The van der Waals surface area contributed by atoms with Crippen molar-refractivity contribution >= 4 is 9.84 Å². The van der Waals surface area contributed by atoms with E-state index in [0.717, 1.165) is 6.42 Å². The van der Waals surface area contributed by atoms with E-state index in [0.29, 0.717) is 5.92 Å². The minimum atomic E-state index is -3.04. The van der Waals surface area contributed by atoms with Crippen LogP contribution in [0.3, 0.4) is 0 Å². The van der Waals surface area contributed by atoms with Gasteiger partial charge in [-0.25, -0.2) is 8.42 Å². The van der Waals surface area contributed by atoms with Crippen molar-refractivity contribution in [2.24, 2.45) is 11.7 Å². The summed E-state index contributed by atoms with van der Waals surface area (Å²) in [6.45, 7) is 3.44. The first-order chi connectivity index (χ1) is 5.75. The Morgan fingerprint density at radius 2 is 1.92 bits per heavy atom. The van der Waals surface area contributed by atoms with Gasteiger partial charge < -0.3 is 5.73 Å². The molecule has 78 valence electrons. The van der Waals surface area contributed by atoms with Gasteiger partial charge in [0.15, 0.2) is 9.84 Å². The molecular weight excluding hydrogens is 186 g/mol. The summed E-state index contributed by atoms with van der Waals surface area (Å²) in [6, 6.07) is -0.227. The van der Waals surface area contributed by atoms with E-state index in [1.165, 1.54) is 19.1 Å². The quantitative estimate of drug-likeness (QED) is 0.743. The predicted molar refractivity (Wildman–Crippen MR) is 54.2 cm³/mol. The zero-order valence-corrected chi connectivity index (χ0v) is 9.39. The third kappa shape index (κ3) is 2.44. The van der Waals surface area contributed by atoms with Crippen LogP contribution in [0, 0.1) is 5.92 Å². The Balaban J connectivity index is 2.66. The van der Waals surface area contributed by atoms with Gasteiger partial charge in [0.2, 0.25) is 0 Å². The van der Waals surface area contributed by atoms with Crippen molar-refractivity contribution in [2.45, 2.75) is 43.9 Å². The van der Waals surface area contributed by atoms with E-state index in [2.05, 4.69) is 0 Å². The summed E-state index contributed by atoms with van der Waals surface area (Å²) in [5, 5.41) is 0. The molecule has 0 aromatic rings. The van der Waals surface area contributed by atoms with E-state index in [1.807, 2.05) is 0 Å². The molecule has 0 bridgehead atoms. The molecule has 0 aromatic carbocycles. The average Bonchev–Trinajstić information content (AvgIpc) is 2.68. The van der Waals surface area contributed by atoms with Gasteiger partial charge in [-0.15, -0.1) is 0 Å². The maximum atomic E-state index is 11.4. The van der Waals surface area contributed by atoms with Gasteiger partial charge in [-0.3, -0.25) is 0 Å². The second-order valence-corrected chi connectivity index (χ2v) is 7.26. The molecule has 0 saturated heterocycles. The first-order valence-electron chi connectivity index (χ1n) is 4.70. The number of hydrogen-bond acceptors (Lipinski definition) is 3. The number of sulfone groups is 1. The minimum absolute atomic E-state index is 0.227. The Hall–Kier alpha value is -0.0900. The highest BCUT2D eigenvalue weighted by Crippen LogP contribution is 2.36. The fraction of sp³-hybridized carbons (Fsp3) is 1.00. The van der Waals surface area contributed by atoms with Crippen LogP contribution in [0.4, 0.5) is 0 Å². The third-order valence-corrected chi connectivity index (χ3v) is 5.35. The lowest BCUT2D eigenvalue weighted by molar-refractivity contribution is 0.446. The fourth-order valence-corrected chi connectivity index (χ4v) is 1.92. The third-order valence-electron chi connectivity index (χ3n) is 3.13. The minimum Gasteiger partial charge on any atom is -0.326 e. The van der Waals surface area contributed by atoms with Crippen LogP contribution >= 0.6 is 0 Å². The molecule has 0 heterocycles. The lowest BCUT2D eigenvalue weighted by Gasteiger charge is -2.29. The first kappa shape index (κ1) is 11.0. The van der Waals surface area contributed by atoms with Crippen LogP contribution in [0.5, 0.6) is 0 Å². The monoisotopic (exact) mass is 205 g/mol. The predicted octanol–water partition coefficient (Wildman–Crippen LogP) is 0.937. The van der Waals surface area contributed by atoms with Crippen molar-refractivity contribution < 1.29 is 8.42 Å². The van der Waals surface area contributed by atoms with Gasteiger partial charge in [-0.2, -0.15) is 0 Å². The molecule has 0 aliphatic heterocycles. The maximum absolute atomic E-state index is 11.4. The molecule has 1 fully saturated rings. The summed E-state index contributed by atoms with van der Waals surface area (Å²) in [6.07, 6.45) is 4.54. The lowest BCUT2D eigenvalue weighted by atomic mass is 9.99. The van der Waals surface area contributed by atoms with Gasteiger partial charge in [0, 0.05) is 12.3 Å². The van der Waals surface area contributed by atoms with Gasteiger partial charge in [-0.05, 0) is 26.2 Å². The number of rotatable bonds is 4. The van der Waals surface area contributed by atoms with E-state index < -0.39 is 14.6 Å². The molecule has 1 saturated carbocycles. The van der Waals surface area contributed by atoms with Crippen LogP contribution in [-0.4, -0.2) is 25.5 Å². The Morgan fingerprint density at radius 3 is 2.23 bits per heavy atom. The van der Waals surface area contributed by atoms with E-state index in [-0.39, 0.29) is 6.04 Å². The van der Waals surface area contributed by atoms with Gasteiger partial charge in [0.05, 0.1) is 4.75 Å². The van der Waals surface area contributed by atoms with Crippen LogP contribution in [0.25, 0.3) is 0 Å². The van der Waals surface area contributed by atoms with Crippen molar-refractivity contribution in [3.63, 3.8) is 0 Å². The van der Waals surface area contributed by atoms with Crippen LogP contribution in [0.1, 0.15) is 33.1 Å². The van der Waals surface area contributed by atoms with Crippen molar-refractivity contribution in [1.29, 1.82) is 0 Å². The first-order valence-corrected chi connectivity index (χ1v) is 6.59. The second kappa shape index (κ2) is 3.24.